The Balaban J connectivity index is 1.80. The minimum atomic E-state index is -3.58. The van der Waals surface area contributed by atoms with Crippen LogP contribution in [0.3, 0.4) is 0 Å². The average molecular weight is 366 g/mol. The highest BCUT2D eigenvalue weighted by molar-refractivity contribution is 7.91. The molecule has 1 atom stereocenters. The van der Waals surface area contributed by atoms with Gasteiger partial charge < -0.3 is 0 Å². The van der Waals surface area contributed by atoms with Gasteiger partial charge >= 0.3 is 0 Å². The summed E-state index contributed by atoms with van der Waals surface area (Å²) in [5.41, 5.74) is 0.796. The predicted molar refractivity (Wildman–Crippen MR) is 101 cm³/mol. The second-order valence-electron chi connectivity index (χ2n) is 5.61. The van der Waals surface area contributed by atoms with Gasteiger partial charge in [-0.3, -0.25) is 0 Å². The third-order valence-electron chi connectivity index (χ3n) is 3.82. The number of hydrogen-bond acceptors (Lipinski definition) is 6. The Morgan fingerprint density at radius 1 is 0.846 bits per heavy atom. The third-order valence-corrected chi connectivity index (χ3v) is 5.25. The highest BCUT2D eigenvalue weighted by Gasteiger charge is 2.15. The number of sulfone groups is 1. The number of hydrogen-bond donors (Lipinski definition) is 0. The molecule has 0 aromatic heterocycles. The van der Waals surface area contributed by atoms with Crippen molar-refractivity contribution in [2.24, 2.45) is 20.5 Å². The fourth-order valence-electron chi connectivity index (χ4n) is 2.51. The molecule has 0 saturated heterocycles. The van der Waals surface area contributed by atoms with Crippen LogP contribution in [0, 0.1) is 0 Å². The van der Waals surface area contributed by atoms with Crippen molar-refractivity contribution in [2.75, 3.05) is 12.9 Å². The third kappa shape index (κ3) is 4.18. The van der Waals surface area contributed by atoms with E-state index >= 15 is 0 Å². The fourth-order valence-corrected chi connectivity index (χ4v) is 3.46. The summed E-state index contributed by atoms with van der Waals surface area (Å²) >= 11 is 0. The molecule has 26 heavy (non-hydrogen) atoms. The van der Waals surface area contributed by atoms with Crippen LogP contribution in [0.4, 0.5) is 0 Å². The van der Waals surface area contributed by atoms with Crippen molar-refractivity contribution in [1.29, 1.82) is 0 Å². The van der Waals surface area contributed by atoms with E-state index in [1.807, 2.05) is 54.6 Å². The summed E-state index contributed by atoms with van der Waals surface area (Å²) in [6.45, 7) is 0. The maximum atomic E-state index is 12.5. The van der Waals surface area contributed by atoms with Crippen LogP contribution in [0.15, 0.2) is 98.1 Å². The van der Waals surface area contributed by atoms with E-state index < -0.39 is 21.9 Å². The summed E-state index contributed by atoms with van der Waals surface area (Å²) in [7, 11) is -2.04. The van der Waals surface area contributed by atoms with Gasteiger partial charge in [0.2, 0.25) is 6.17 Å². The molecule has 0 aliphatic rings. The Kier molecular flexibility index (Phi) is 5.48. The normalized spacial score (nSPS) is 13.6. The zero-order valence-electron chi connectivity index (χ0n) is 14.2. The van der Waals surface area contributed by atoms with E-state index in [0.717, 1.165) is 16.3 Å². The molecule has 3 aromatic rings. The molecule has 0 saturated carbocycles. The van der Waals surface area contributed by atoms with Crippen LogP contribution < -0.4 is 0 Å². The molecule has 0 radical (unpaired) electrons. The molecule has 0 aliphatic carbocycles. The quantitative estimate of drug-likeness (QED) is 0.587. The zero-order chi connectivity index (χ0) is 18.4. The van der Waals surface area contributed by atoms with E-state index in [-0.39, 0.29) is 4.90 Å². The smallest absolute Gasteiger partial charge is 0.205 e. The van der Waals surface area contributed by atoms with Gasteiger partial charge in [0.25, 0.3) is 0 Å². The Hall–Kier alpha value is -2.93. The predicted octanol–water partition coefficient (Wildman–Crippen LogP) is 4.80. The number of benzene rings is 3. The topological polar surface area (TPSA) is 83.6 Å². The highest BCUT2D eigenvalue weighted by Crippen LogP contribution is 2.22. The second-order valence-corrected chi connectivity index (χ2v) is 7.57. The summed E-state index contributed by atoms with van der Waals surface area (Å²) in [6.07, 6.45) is -0.645. The van der Waals surface area contributed by atoms with Gasteiger partial charge in [-0.25, -0.2) is 8.42 Å². The average Bonchev–Trinajstić information content (AvgIpc) is 2.67. The first-order valence-corrected chi connectivity index (χ1v) is 9.67. The van der Waals surface area contributed by atoms with Gasteiger partial charge in [0.1, 0.15) is 0 Å². The van der Waals surface area contributed by atoms with Gasteiger partial charge in [-0.15, -0.1) is 0 Å². The van der Waals surface area contributed by atoms with E-state index in [4.69, 9.17) is 0 Å². The van der Waals surface area contributed by atoms with Crippen molar-refractivity contribution in [2.45, 2.75) is 11.1 Å². The Labute approximate surface area is 152 Å². The Morgan fingerprint density at radius 2 is 1.54 bits per heavy atom. The number of nitrogens with zero attached hydrogens (tertiary/aromatic N) is 4. The molecule has 132 valence electrons. The number of fused-ring (bicyclic) bond motifs is 1. The van der Waals surface area contributed by atoms with Crippen molar-refractivity contribution in [3.05, 3.63) is 78.4 Å². The summed E-state index contributed by atoms with van der Waals surface area (Å²) in [5, 5.41) is 17.5. The van der Waals surface area contributed by atoms with E-state index in [0.29, 0.717) is 0 Å². The Bertz CT molecular complexity index is 1050. The lowest BCUT2D eigenvalue weighted by molar-refractivity contribution is 0.592. The van der Waals surface area contributed by atoms with Gasteiger partial charge in [-0.2, -0.15) is 20.5 Å². The maximum Gasteiger partial charge on any atom is 0.205 e. The van der Waals surface area contributed by atoms with Gasteiger partial charge in [0.15, 0.2) is 15.7 Å². The van der Waals surface area contributed by atoms with E-state index in [1.165, 1.54) is 7.05 Å². The highest BCUT2D eigenvalue weighted by atomic mass is 32.2. The van der Waals surface area contributed by atoms with Crippen LogP contribution in [0.5, 0.6) is 0 Å². The summed E-state index contributed by atoms with van der Waals surface area (Å²) < 4.78 is 25.1. The van der Waals surface area contributed by atoms with Crippen LogP contribution >= 0.6 is 0 Å². The zero-order valence-corrected chi connectivity index (χ0v) is 15.0. The largest absolute Gasteiger partial charge is 0.222 e. The summed E-state index contributed by atoms with van der Waals surface area (Å²) in [4.78, 5) is 0.225. The van der Waals surface area contributed by atoms with Crippen LogP contribution in [0.2, 0.25) is 0 Å². The Morgan fingerprint density at radius 3 is 2.27 bits per heavy atom. The van der Waals surface area contributed by atoms with Crippen molar-refractivity contribution >= 4 is 20.6 Å². The molecule has 1 unspecified atom stereocenters. The lowest BCUT2D eigenvalue weighted by Gasteiger charge is -2.06. The molecule has 3 rings (SSSR count). The number of azo groups is 2. The van der Waals surface area contributed by atoms with Crippen LogP contribution in [-0.2, 0) is 9.84 Å². The molecular formula is C19H18N4O2S. The molecule has 0 amide bonds. The second kappa shape index (κ2) is 7.97. The SMILES string of the molecule is CN=NC(N=NCS(=O)(=O)c1ccc2ccccc2c1)c1ccccc1. The minimum Gasteiger partial charge on any atom is -0.222 e. The van der Waals surface area contributed by atoms with E-state index in [9.17, 15) is 8.42 Å². The molecule has 7 heteroatoms. The standard InChI is InChI=1S/C19H18N4O2S/c1-20-22-19(16-8-3-2-4-9-16)23-21-14-26(24,25)18-12-11-15-7-5-6-10-17(15)13-18/h2-13,19H,14H2,1H3. The molecular weight excluding hydrogens is 348 g/mol. The first-order chi connectivity index (χ1) is 12.6. The van der Waals surface area contributed by atoms with Gasteiger partial charge in [-0.1, -0.05) is 60.7 Å². The molecule has 0 bridgehead atoms. The van der Waals surface area contributed by atoms with Crippen molar-refractivity contribution < 1.29 is 8.42 Å². The molecule has 6 nitrogen and oxygen atoms in total. The van der Waals surface area contributed by atoms with Crippen LogP contribution in [0.1, 0.15) is 11.7 Å². The molecule has 0 fully saturated rings. The lowest BCUT2D eigenvalue weighted by Crippen LogP contribution is -2.04. The van der Waals surface area contributed by atoms with Crippen molar-refractivity contribution in [3.63, 3.8) is 0 Å². The van der Waals surface area contributed by atoms with Gasteiger partial charge in [-0.05, 0) is 22.9 Å². The van der Waals surface area contributed by atoms with Crippen molar-refractivity contribution in [1.82, 2.24) is 0 Å². The monoisotopic (exact) mass is 366 g/mol. The molecule has 0 aliphatic heterocycles. The van der Waals surface area contributed by atoms with Crippen LogP contribution in [0.25, 0.3) is 10.8 Å². The van der Waals surface area contributed by atoms with E-state index in [1.54, 1.807) is 18.2 Å². The van der Waals surface area contributed by atoms with Gasteiger partial charge in [0.05, 0.1) is 4.90 Å². The molecule has 0 spiro atoms. The van der Waals surface area contributed by atoms with E-state index in [2.05, 4.69) is 20.5 Å². The van der Waals surface area contributed by atoms with Gasteiger partial charge in [0, 0.05) is 12.6 Å². The molecule has 3 aromatic carbocycles. The summed E-state index contributed by atoms with van der Waals surface area (Å²) in [5.74, 6) is -0.437. The molecule has 0 N–H and O–H groups in total. The van der Waals surface area contributed by atoms with Crippen LogP contribution in [-0.4, -0.2) is 21.3 Å². The lowest BCUT2D eigenvalue weighted by atomic mass is 10.1. The first-order valence-electron chi connectivity index (χ1n) is 8.02. The maximum absolute atomic E-state index is 12.5. The van der Waals surface area contributed by atoms with Crippen molar-refractivity contribution in [3.8, 4) is 0 Å². The molecule has 0 heterocycles. The number of rotatable bonds is 6. The fraction of sp³-hybridized carbons (Fsp3) is 0.158. The minimum absolute atomic E-state index is 0.225. The first kappa shape index (κ1) is 17.9. The summed E-state index contributed by atoms with van der Waals surface area (Å²) in [6, 6.07) is 21.9.